The second-order valence-corrected chi connectivity index (χ2v) is 5.80. The van der Waals surface area contributed by atoms with E-state index in [2.05, 4.69) is 5.32 Å². The molecule has 0 saturated heterocycles. The summed E-state index contributed by atoms with van der Waals surface area (Å²) in [7, 11) is 3.17. The summed E-state index contributed by atoms with van der Waals surface area (Å²) in [5.74, 6) is -0.983. The van der Waals surface area contributed by atoms with E-state index in [-0.39, 0.29) is 11.1 Å². The van der Waals surface area contributed by atoms with Crippen LogP contribution < -0.4 is 10.2 Å². The van der Waals surface area contributed by atoms with Crippen LogP contribution in [-0.2, 0) is 6.18 Å². The molecule has 0 heterocycles. The Kier molecular flexibility index (Phi) is 5.20. The van der Waals surface area contributed by atoms with Gasteiger partial charge in [0.2, 0.25) is 0 Å². The van der Waals surface area contributed by atoms with Crippen LogP contribution in [0.25, 0.3) is 0 Å². The van der Waals surface area contributed by atoms with E-state index < -0.39 is 33.9 Å². The minimum atomic E-state index is -4.70. The summed E-state index contributed by atoms with van der Waals surface area (Å²) in [6, 6.07) is 7.51. The van der Waals surface area contributed by atoms with Crippen LogP contribution in [0.15, 0.2) is 36.4 Å². The van der Waals surface area contributed by atoms with Gasteiger partial charge in [0.05, 0.1) is 16.2 Å². The average molecular weight is 367 g/mol. The highest BCUT2D eigenvalue weighted by molar-refractivity contribution is 6.07. The maximum atomic E-state index is 13.3. The van der Waals surface area contributed by atoms with Gasteiger partial charge >= 0.3 is 6.18 Å². The second-order valence-electron chi connectivity index (χ2n) is 5.80. The number of aryl methyl sites for hydroxylation is 1. The van der Waals surface area contributed by atoms with Crippen LogP contribution in [0, 0.1) is 17.0 Å². The Bertz CT molecular complexity index is 864. The molecule has 9 heteroatoms. The number of para-hydroxylation sites is 1. The predicted molar refractivity (Wildman–Crippen MR) is 91.6 cm³/mol. The quantitative estimate of drug-likeness (QED) is 0.648. The standard InChI is InChI=1S/C17H16F3N3O3/c1-10-5-4-6-12(15(10)23(25)26)16(24)21-14-8-7-11(22(2)3)9-13(14)17(18,19)20/h4-9H,1-3H3,(H,21,24). The van der Waals surface area contributed by atoms with Crippen molar-refractivity contribution in [2.75, 3.05) is 24.3 Å². The van der Waals surface area contributed by atoms with E-state index in [4.69, 9.17) is 0 Å². The number of nitrogens with one attached hydrogen (secondary N) is 1. The Hall–Kier alpha value is -3.10. The average Bonchev–Trinajstić information content (AvgIpc) is 2.53. The summed E-state index contributed by atoms with van der Waals surface area (Å²) in [5.41, 5.74) is -1.71. The largest absolute Gasteiger partial charge is 0.418 e. The molecule has 0 atom stereocenters. The van der Waals surface area contributed by atoms with Crippen LogP contribution in [-0.4, -0.2) is 24.9 Å². The smallest absolute Gasteiger partial charge is 0.378 e. The molecular weight excluding hydrogens is 351 g/mol. The third-order valence-corrected chi connectivity index (χ3v) is 3.74. The summed E-state index contributed by atoms with van der Waals surface area (Å²) in [4.78, 5) is 24.3. The van der Waals surface area contributed by atoms with Crippen molar-refractivity contribution in [3.63, 3.8) is 0 Å². The molecule has 0 fully saturated rings. The van der Waals surface area contributed by atoms with Gasteiger partial charge in [0.15, 0.2) is 0 Å². The Labute approximate surface area is 147 Å². The van der Waals surface area contributed by atoms with Crippen LogP contribution in [0.4, 0.5) is 30.2 Å². The second kappa shape index (κ2) is 7.03. The molecule has 2 aromatic rings. The zero-order chi connectivity index (χ0) is 19.6. The van der Waals surface area contributed by atoms with Gasteiger partial charge in [-0.05, 0) is 31.2 Å². The Morgan fingerprint density at radius 1 is 1.19 bits per heavy atom. The number of nitrogens with zero attached hydrogens (tertiary/aromatic N) is 2. The number of nitro benzene ring substituents is 1. The first-order chi connectivity index (χ1) is 12.0. The molecule has 1 amide bonds. The number of hydrogen-bond donors (Lipinski definition) is 1. The molecule has 0 aliphatic rings. The van der Waals surface area contributed by atoms with E-state index in [1.807, 2.05) is 0 Å². The monoisotopic (exact) mass is 367 g/mol. The van der Waals surface area contributed by atoms with Gasteiger partial charge in [0, 0.05) is 25.3 Å². The van der Waals surface area contributed by atoms with Crippen molar-refractivity contribution in [2.45, 2.75) is 13.1 Å². The van der Waals surface area contributed by atoms with Crippen LogP contribution in [0.2, 0.25) is 0 Å². The van der Waals surface area contributed by atoms with E-state index in [1.165, 1.54) is 36.1 Å². The maximum Gasteiger partial charge on any atom is 0.418 e. The molecular formula is C17H16F3N3O3. The number of carbonyl (C=O) groups is 1. The molecule has 2 rings (SSSR count). The first-order valence-electron chi connectivity index (χ1n) is 7.46. The predicted octanol–water partition coefficient (Wildman–Crippen LogP) is 4.24. The summed E-state index contributed by atoms with van der Waals surface area (Å²) < 4.78 is 40.0. The fraction of sp³-hybridized carbons (Fsp3) is 0.235. The van der Waals surface area contributed by atoms with Gasteiger partial charge in [0.25, 0.3) is 11.6 Å². The Balaban J connectivity index is 2.48. The van der Waals surface area contributed by atoms with Gasteiger partial charge in [-0.1, -0.05) is 12.1 Å². The van der Waals surface area contributed by atoms with Gasteiger partial charge in [-0.15, -0.1) is 0 Å². The highest BCUT2D eigenvalue weighted by atomic mass is 19.4. The fourth-order valence-electron chi connectivity index (χ4n) is 2.43. The highest BCUT2D eigenvalue weighted by Gasteiger charge is 2.35. The zero-order valence-corrected chi connectivity index (χ0v) is 14.2. The van der Waals surface area contributed by atoms with Crippen molar-refractivity contribution in [1.82, 2.24) is 0 Å². The number of benzene rings is 2. The van der Waals surface area contributed by atoms with Gasteiger partial charge < -0.3 is 10.2 Å². The Morgan fingerprint density at radius 3 is 2.38 bits per heavy atom. The summed E-state index contributed by atoms with van der Waals surface area (Å²) >= 11 is 0. The molecule has 0 saturated carbocycles. The lowest BCUT2D eigenvalue weighted by atomic mass is 10.1. The molecule has 2 aromatic carbocycles. The normalized spacial score (nSPS) is 11.2. The minimum absolute atomic E-state index is 0.238. The molecule has 0 unspecified atom stereocenters. The Morgan fingerprint density at radius 2 is 1.85 bits per heavy atom. The molecule has 0 aromatic heterocycles. The summed E-state index contributed by atoms with van der Waals surface area (Å²) in [5, 5.41) is 13.3. The molecule has 6 nitrogen and oxygen atoms in total. The lowest BCUT2D eigenvalue weighted by Crippen LogP contribution is -2.19. The number of rotatable bonds is 4. The summed E-state index contributed by atoms with van der Waals surface area (Å²) in [6.07, 6.45) is -4.70. The van der Waals surface area contributed by atoms with E-state index in [0.29, 0.717) is 5.69 Å². The number of alkyl halides is 3. The van der Waals surface area contributed by atoms with Gasteiger partial charge in [-0.25, -0.2) is 0 Å². The minimum Gasteiger partial charge on any atom is -0.378 e. The first-order valence-corrected chi connectivity index (χ1v) is 7.46. The van der Waals surface area contributed by atoms with E-state index in [9.17, 15) is 28.1 Å². The number of anilines is 2. The number of nitro groups is 1. The zero-order valence-electron chi connectivity index (χ0n) is 14.2. The molecule has 26 heavy (non-hydrogen) atoms. The number of amides is 1. The van der Waals surface area contributed by atoms with Gasteiger partial charge in [-0.2, -0.15) is 13.2 Å². The van der Waals surface area contributed by atoms with E-state index >= 15 is 0 Å². The lowest BCUT2D eigenvalue weighted by Gasteiger charge is -2.18. The number of halogens is 3. The molecule has 0 spiro atoms. The first kappa shape index (κ1) is 19.2. The number of hydrogen-bond acceptors (Lipinski definition) is 4. The van der Waals surface area contributed by atoms with Gasteiger partial charge in [0.1, 0.15) is 5.56 Å². The van der Waals surface area contributed by atoms with Crippen molar-refractivity contribution in [3.05, 3.63) is 63.2 Å². The van der Waals surface area contributed by atoms with Gasteiger partial charge in [-0.3, -0.25) is 14.9 Å². The van der Waals surface area contributed by atoms with Crippen LogP contribution >= 0.6 is 0 Å². The fourth-order valence-corrected chi connectivity index (χ4v) is 2.43. The SMILES string of the molecule is Cc1cccc(C(=O)Nc2ccc(N(C)C)cc2C(F)(F)F)c1[N+](=O)[O-]. The third-order valence-electron chi connectivity index (χ3n) is 3.74. The van der Waals surface area contributed by atoms with Crippen LogP contribution in [0.3, 0.4) is 0 Å². The van der Waals surface area contributed by atoms with Crippen molar-refractivity contribution in [1.29, 1.82) is 0 Å². The molecule has 0 bridgehead atoms. The van der Waals surface area contributed by atoms with Crippen LogP contribution in [0.1, 0.15) is 21.5 Å². The lowest BCUT2D eigenvalue weighted by molar-refractivity contribution is -0.385. The summed E-state index contributed by atoms with van der Waals surface area (Å²) in [6.45, 7) is 1.45. The molecule has 0 radical (unpaired) electrons. The number of carbonyl (C=O) groups excluding carboxylic acids is 1. The molecule has 1 N–H and O–H groups in total. The maximum absolute atomic E-state index is 13.3. The van der Waals surface area contributed by atoms with Crippen molar-refractivity contribution in [2.24, 2.45) is 0 Å². The topological polar surface area (TPSA) is 75.5 Å². The van der Waals surface area contributed by atoms with Crippen molar-refractivity contribution < 1.29 is 22.9 Å². The molecule has 0 aliphatic carbocycles. The van der Waals surface area contributed by atoms with Crippen molar-refractivity contribution >= 4 is 23.0 Å². The van der Waals surface area contributed by atoms with Crippen molar-refractivity contribution in [3.8, 4) is 0 Å². The molecule has 138 valence electrons. The molecule has 0 aliphatic heterocycles. The van der Waals surface area contributed by atoms with Crippen LogP contribution in [0.5, 0.6) is 0 Å². The highest BCUT2D eigenvalue weighted by Crippen LogP contribution is 2.37. The van der Waals surface area contributed by atoms with E-state index in [1.54, 1.807) is 14.1 Å². The van der Waals surface area contributed by atoms with E-state index in [0.717, 1.165) is 12.1 Å². The third kappa shape index (κ3) is 3.93.